The van der Waals surface area contributed by atoms with Crippen LogP contribution in [0.3, 0.4) is 0 Å². The lowest BCUT2D eigenvalue weighted by Gasteiger charge is -2.22. The first-order valence-electron chi connectivity index (χ1n) is 9.27. The van der Waals surface area contributed by atoms with E-state index in [4.69, 9.17) is 27.9 Å². The number of anilines is 1. The molecule has 1 unspecified atom stereocenters. The minimum atomic E-state index is -0.151. The number of halogens is 2. The van der Waals surface area contributed by atoms with Crippen molar-refractivity contribution in [2.45, 2.75) is 18.9 Å². The summed E-state index contributed by atoms with van der Waals surface area (Å²) in [6.07, 6.45) is 1.92. The summed E-state index contributed by atoms with van der Waals surface area (Å²) in [6.45, 7) is 1.17. The highest BCUT2D eigenvalue weighted by molar-refractivity contribution is 7.23. The number of carbonyl (C=O) groups is 1. The lowest BCUT2D eigenvalue weighted by atomic mass is 10.2. The van der Waals surface area contributed by atoms with Gasteiger partial charge in [0, 0.05) is 16.7 Å². The Morgan fingerprint density at radius 2 is 1.97 bits per heavy atom. The summed E-state index contributed by atoms with van der Waals surface area (Å²) >= 11 is 15.8. The maximum Gasteiger partial charge on any atom is 0.271 e. The smallest absolute Gasteiger partial charge is 0.271 e. The Kier molecular flexibility index (Phi) is 5.22. The van der Waals surface area contributed by atoms with Crippen molar-refractivity contribution in [2.75, 3.05) is 18.1 Å². The van der Waals surface area contributed by atoms with Gasteiger partial charge in [0.15, 0.2) is 5.13 Å². The van der Waals surface area contributed by atoms with Crippen LogP contribution in [-0.4, -0.2) is 30.1 Å². The third kappa shape index (κ3) is 3.53. The van der Waals surface area contributed by atoms with Crippen molar-refractivity contribution in [3.8, 4) is 0 Å². The Hall–Kier alpha value is -1.70. The number of rotatable bonds is 4. The lowest BCUT2D eigenvalue weighted by molar-refractivity contribution is 0.0921. The number of para-hydroxylation sites is 1. The fourth-order valence-corrected chi connectivity index (χ4v) is 6.27. The highest BCUT2D eigenvalue weighted by Crippen LogP contribution is 2.39. The number of fused-ring (bicyclic) bond motifs is 2. The van der Waals surface area contributed by atoms with Crippen molar-refractivity contribution >= 4 is 77.2 Å². The summed E-state index contributed by atoms with van der Waals surface area (Å²) in [7, 11) is 0. The number of hydrogen-bond donors (Lipinski definition) is 0. The zero-order valence-electron chi connectivity index (χ0n) is 15.2. The van der Waals surface area contributed by atoms with Crippen LogP contribution < -0.4 is 4.90 Å². The molecule has 29 heavy (non-hydrogen) atoms. The first-order chi connectivity index (χ1) is 14.1. The van der Waals surface area contributed by atoms with E-state index >= 15 is 0 Å². The van der Waals surface area contributed by atoms with E-state index in [2.05, 4.69) is 4.98 Å². The van der Waals surface area contributed by atoms with E-state index in [-0.39, 0.29) is 12.0 Å². The van der Waals surface area contributed by atoms with Crippen LogP contribution in [0.15, 0.2) is 42.5 Å². The zero-order valence-corrected chi connectivity index (χ0v) is 18.4. The van der Waals surface area contributed by atoms with Crippen molar-refractivity contribution in [1.82, 2.24) is 4.98 Å². The van der Waals surface area contributed by atoms with E-state index in [9.17, 15) is 4.79 Å². The van der Waals surface area contributed by atoms with Gasteiger partial charge in [-0.25, -0.2) is 4.98 Å². The fourth-order valence-electron chi connectivity index (χ4n) is 3.53. The molecule has 0 radical (unpaired) electrons. The van der Waals surface area contributed by atoms with Gasteiger partial charge in [-0.2, -0.15) is 0 Å². The van der Waals surface area contributed by atoms with Crippen LogP contribution in [-0.2, 0) is 4.74 Å². The number of thiazole rings is 1. The minimum Gasteiger partial charge on any atom is -0.376 e. The number of hydrogen-bond acceptors (Lipinski definition) is 5. The quantitative estimate of drug-likeness (QED) is 0.341. The molecular weight excluding hydrogens is 447 g/mol. The molecule has 1 atom stereocenters. The molecule has 0 bridgehead atoms. The van der Waals surface area contributed by atoms with Crippen LogP contribution in [0, 0.1) is 0 Å². The molecule has 0 aliphatic carbocycles. The van der Waals surface area contributed by atoms with Crippen molar-refractivity contribution < 1.29 is 9.53 Å². The van der Waals surface area contributed by atoms with Crippen molar-refractivity contribution in [2.24, 2.45) is 0 Å². The van der Waals surface area contributed by atoms with Crippen LogP contribution in [0.4, 0.5) is 5.13 Å². The van der Waals surface area contributed by atoms with E-state index in [1.807, 2.05) is 42.5 Å². The van der Waals surface area contributed by atoms with Gasteiger partial charge in [0.1, 0.15) is 10.4 Å². The number of thiophene rings is 1. The Morgan fingerprint density at radius 3 is 2.72 bits per heavy atom. The molecule has 2 aromatic heterocycles. The average Bonchev–Trinajstić information content (AvgIpc) is 3.45. The number of amides is 1. The third-order valence-electron chi connectivity index (χ3n) is 4.97. The van der Waals surface area contributed by atoms with Gasteiger partial charge in [0.2, 0.25) is 0 Å². The number of ether oxygens (including phenoxy) is 1. The summed E-state index contributed by atoms with van der Waals surface area (Å²) in [5.74, 6) is -0.151. The standard InChI is InChI=1S/C21H16Cl2N2O2S2/c22-14-7-3-9-16-18(14)24-21(29-16)25(11-12-5-4-10-27-12)20(26)19-17(23)13-6-1-2-8-15(13)28-19/h1-3,6-9,12H,4-5,10-11H2. The summed E-state index contributed by atoms with van der Waals surface area (Å²) in [4.78, 5) is 20.5. The van der Waals surface area contributed by atoms with Crippen LogP contribution >= 0.6 is 45.9 Å². The second kappa shape index (κ2) is 7.85. The Morgan fingerprint density at radius 1 is 1.14 bits per heavy atom. The van der Waals surface area contributed by atoms with Gasteiger partial charge in [-0.3, -0.25) is 9.69 Å². The zero-order chi connectivity index (χ0) is 20.0. The number of carbonyl (C=O) groups excluding carboxylic acids is 1. The highest BCUT2D eigenvalue weighted by Gasteiger charge is 2.30. The van der Waals surface area contributed by atoms with E-state index in [1.54, 1.807) is 4.90 Å². The topological polar surface area (TPSA) is 42.4 Å². The second-order valence-electron chi connectivity index (χ2n) is 6.88. The van der Waals surface area contributed by atoms with Gasteiger partial charge in [-0.05, 0) is 31.0 Å². The minimum absolute atomic E-state index is 0.00501. The summed E-state index contributed by atoms with van der Waals surface area (Å²) in [5.41, 5.74) is 0.710. The Balaban J connectivity index is 1.59. The second-order valence-corrected chi connectivity index (χ2v) is 9.72. The first kappa shape index (κ1) is 19.3. The molecule has 4 nitrogen and oxygen atoms in total. The number of aromatic nitrogens is 1. The molecule has 1 aliphatic heterocycles. The molecule has 0 spiro atoms. The van der Waals surface area contributed by atoms with Crippen LogP contribution in [0.2, 0.25) is 10.0 Å². The van der Waals surface area contributed by atoms with E-state index in [0.717, 1.165) is 34.2 Å². The van der Waals surface area contributed by atoms with E-state index in [1.165, 1.54) is 22.7 Å². The largest absolute Gasteiger partial charge is 0.376 e. The van der Waals surface area contributed by atoms with E-state index < -0.39 is 0 Å². The summed E-state index contributed by atoms with van der Waals surface area (Å²) < 4.78 is 7.74. The SMILES string of the molecule is O=C(c1sc2ccccc2c1Cl)N(CC1CCCO1)c1nc2c(Cl)cccc2s1. The predicted molar refractivity (Wildman–Crippen MR) is 122 cm³/mol. The molecule has 1 aliphatic rings. The van der Waals surface area contributed by atoms with Crippen LogP contribution in [0.1, 0.15) is 22.5 Å². The van der Waals surface area contributed by atoms with Crippen molar-refractivity contribution in [3.05, 3.63) is 57.4 Å². The molecule has 0 N–H and O–H groups in total. The van der Waals surface area contributed by atoms with Gasteiger partial charge in [-0.1, -0.05) is 58.8 Å². The predicted octanol–water partition coefficient (Wildman–Crippen LogP) is 6.64. The Bertz CT molecular complexity index is 1210. The number of nitrogens with zero attached hydrogens (tertiary/aromatic N) is 2. The molecule has 1 fully saturated rings. The maximum atomic E-state index is 13.6. The van der Waals surface area contributed by atoms with E-state index in [0.29, 0.717) is 32.1 Å². The van der Waals surface area contributed by atoms with Gasteiger partial charge in [-0.15, -0.1) is 11.3 Å². The molecule has 0 saturated carbocycles. The summed E-state index contributed by atoms with van der Waals surface area (Å²) in [6, 6.07) is 13.4. The normalized spacial score (nSPS) is 16.7. The van der Waals surface area contributed by atoms with Crippen molar-refractivity contribution in [3.63, 3.8) is 0 Å². The molecule has 2 aromatic carbocycles. The lowest BCUT2D eigenvalue weighted by Crippen LogP contribution is -2.37. The van der Waals surface area contributed by atoms with Gasteiger partial charge >= 0.3 is 0 Å². The van der Waals surface area contributed by atoms with Crippen LogP contribution in [0.25, 0.3) is 20.3 Å². The molecule has 3 heterocycles. The maximum absolute atomic E-state index is 13.6. The Labute approximate surface area is 185 Å². The molecule has 4 aromatic rings. The average molecular weight is 463 g/mol. The van der Waals surface area contributed by atoms with Gasteiger partial charge in [0.25, 0.3) is 5.91 Å². The highest BCUT2D eigenvalue weighted by atomic mass is 35.5. The molecule has 1 amide bonds. The fraction of sp³-hybridized carbons (Fsp3) is 0.238. The molecular formula is C21H16Cl2N2O2S2. The van der Waals surface area contributed by atoms with Crippen molar-refractivity contribution in [1.29, 1.82) is 0 Å². The first-order valence-corrected chi connectivity index (χ1v) is 11.7. The van der Waals surface area contributed by atoms with Gasteiger partial charge < -0.3 is 4.74 Å². The molecule has 8 heteroatoms. The number of benzene rings is 2. The van der Waals surface area contributed by atoms with Crippen LogP contribution in [0.5, 0.6) is 0 Å². The summed E-state index contributed by atoms with van der Waals surface area (Å²) in [5, 5.41) is 2.58. The monoisotopic (exact) mass is 462 g/mol. The third-order valence-corrected chi connectivity index (χ3v) is 7.99. The van der Waals surface area contributed by atoms with Gasteiger partial charge in [0.05, 0.1) is 27.4 Å². The molecule has 5 rings (SSSR count). The molecule has 148 valence electrons. The molecule has 1 saturated heterocycles.